The van der Waals surface area contributed by atoms with Gasteiger partial charge in [0, 0.05) is 0 Å². The van der Waals surface area contributed by atoms with Crippen molar-refractivity contribution in [3.63, 3.8) is 0 Å². The van der Waals surface area contributed by atoms with Crippen molar-refractivity contribution in [2.75, 3.05) is 5.75 Å². The Morgan fingerprint density at radius 1 is 1.23 bits per heavy atom. The van der Waals surface area contributed by atoms with Crippen LogP contribution in [0.15, 0.2) is 50.3 Å². The van der Waals surface area contributed by atoms with Gasteiger partial charge in [-0.3, -0.25) is 0 Å². The predicted molar refractivity (Wildman–Crippen MR) is 85.4 cm³/mol. The van der Waals surface area contributed by atoms with E-state index in [-0.39, 0.29) is 10.6 Å². The molecule has 1 aromatic carbocycles. The van der Waals surface area contributed by atoms with Gasteiger partial charge in [0.25, 0.3) is 0 Å². The Bertz CT molecular complexity index is 866. The standard InChI is InChI=1S/C15H15NO4S2/c1-2-22(17,18)12-5-6-14-13(8-12)16-15(20-14)10-21-9-11-4-3-7-19-11/h3-8H,2,9-10H2,1H3. The first-order valence-electron chi connectivity index (χ1n) is 6.81. The summed E-state index contributed by atoms with van der Waals surface area (Å²) in [6.45, 7) is 1.62. The molecule has 5 nitrogen and oxygen atoms in total. The Morgan fingerprint density at radius 3 is 2.82 bits per heavy atom. The van der Waals surface area contributed by atoms with Crippen LogP contribution in [0, 0.1) is 0 Å². The monoisotopic (exact) mass is 337 g/mol. The number of thioether (sulfide) groups is 1. The molecule has 2 heterocycles. The number of oxazole rings is 1. The van der Waals surface area contributed by atoms with Crippen molar-refractivity contribution in [1.82, 2.24) is 4.98 Å². The number of aromatic nitrogens is 1. The van der Waals surface area contributed by atoms with E-state index in [0.717, 1.165) is 11.5 Å². The molecule has 0 saturated carbocycles. The molecule has 0 aliphatic heterocycles. The summed E-state index contributed by atoms with van der Waals surface area (Å²) in [6, 6.07) is 8.56. The van der Waals surface area contributed by atoms with Gasteiger partial charge in [0.15, 0.2) is 15.4 Å². The lowest BCUT2D eigenvalue weighted by molar-refractivity contribution is 0.529. The topological polar surface area (TPSA) is 73.3 Å². The summed E-state index contributed by atoms with van der Waals surface area (Å²) in [5.41, 5.74) is 1.17. The van der Waals surface area contributed by atoms with E-state index in [0.29, 0.717) is 22.7 Å². The van der Waals surface area contributed by atoms with E-state index in [1.54, 1.807) is 43.1 Å². The average Bonchev–Trinajstić information content (AvgIpc) is 3.15. The van der Waals surface area contributed by atoms with Crippen LogP contribution in [0.2, 0.25) is 0 Å². The van der Waals surface area contributed by atoms with E-state index in [9.17, 15) is 8.42 Å². The van der Waals surface area contributed by atoms with Gasteiger partial charge in [0.05, 0.1) is 28.4 Å². The second-order valence-electron chi connectivity index (χ2n) is 4.71. The minimum atomic E-state index is -3.23. The third-order valence-corrected chi connectivity index (χ3v) is 5.86. The minimum absolute atomic E-state index is 0.0716. The number of hydrogen-bond acceptors (Lipinski definition) is 6. The molecule has 0 fully saturated rings. The number of furan rings is 1. The summed E-state index contributed by atoms with van der Waals surface area (Å²) >= 11 is 1.63. The highest BCUT2D eigenvalue weighted by molar-refractivity contribution is 7.97. The Labute approximate surface area is 132 Å². The summed E-state index contributed by atoms with van der Waals surface area (Å²) in [5, 5.41) is 0. The molecule has 0 aliphatic rings. The molecular weight excluding hydrogens is 322 g/mol. The summed E-state index contributed by atoms with van der Waals surface area (Å²) in [7, 11) is -3.23. The minimum Gasteiger partial charge on any atom is -0.468 e. The first kappa shape index (κ1) is 15.2. The van der Waals surface area contributed by atoms with Crippen LogP contribution in [0.3, 0.4) is 0 Å². The van der Waals surface area contributed by atoms with E-state index in [2.05, 4.69) is 4.98 Å². The van der Waals surface area contributed by atoms with Crippen molar-refractivity contribution in [3.8, 4) is 0 Å². The molecular formula is C15H15NO4S2. The molecule has 7 heteroatoms. The highest BCUT2D eigenvalue weighted by atomic mass is 32.2. The molecule has 2 aromatic heterocycles. The lowest BCUT2D eigenvalue weighted by Crippen LogP contribution is -2.03. The lowest BCUT2D eigenvalue weighted by Gasteiger charge is -1.99. The fourth-order valence-corrected chi connectivity index (χ4v) is 3.68. The Balaban J connectivity index is 1.75. The molecule has 0 atom stereocenters. The molecule has 116 valence electrons. The molecule has 22 heavy (non-hydrogen) atoms. The normalized spacial score (nSPS) is 12.0. The maximum Gasteiger partial charge on any atom is 0.205 e. The van der Waals surface area contributed by atoms with Gasteiger partial charge >= 0.3 is 0 Å². The van der Waals surface area contributed by atoms with Crippen LogP contribution < -0.4 is 0 Å². The van der Waals surface area contributed by atoms with E-state index < -0.39 is 9.84 Å². The van der Waals surface area contributed by atoms with Crippen molar-refractivity contribution in [3.05, 3.63) is 48.2 Å². The molecule has 0 amide bonds. The first-order chi connectivity index (χ1) is 10.6. The molecule has 0 N–H and O–H groups in total. The van der Waals surface area contributed by atoms with Crippen LogP contribution in [0.5, 0.6) is 0 Å². The average molecular weight is 337 g/mol. The molecule has 0 unspecified atom stereocenters. The number of sulfone groups is 1. The molecule has 0 bridgehead atoms. The van der Waals surface area contributed by atoms with Crippen molar-refractivity contribution in [1.29, 1.82) is 0 Å². The maximum atomic E-state index is 11.9. The van der Waals surface area contributed by atoms with Crippen molar-refractivity contribution in [2.45, 2.75) is 23.3 Å². The molecule has 0 spiro atoms. The SMILES string of the molecule is CCS(=O)(=O)c1ccc2oc(CSCc3ccco3)nc2c1. The number of fused-ring (bicyclic) bond motifs is 1. The second-order valence-corrected chi connectivity index (χ2v) is 7.98. The van der Waals surface area contributed by atoms with E-state index >= 15 is 0 Å². The van der Waals surface area contributed by atoms with Gasteiger partial charge in [0.1, 0.15) is 11.3 Å². The van der Waals surface area contributed by atoms with Crippen molar-refractivity contribution < 1.29 is 17.3 Å². The molecule has 0 radical (unpaired) electrons. The third kappa shape index (κ3) is 3.20. The van der Waals surface area contributed by atoms with Crippen LogP contribution in [0.1, 0.15) is 18.6 Å². The van der Waals surface area contributed by atoms with Crippen LogP contribution in [-0.2, 0) is 21.3 Å². The van der Waals surface area contributed by atoms with E-state index in [4.69, 9.17) is 8.83 Å². The fourth-order valence-electron chi connectivity index (χ4n) is 2.01. The van der Waals surface area contributed by atoms with Crippen molar-refractivity contribution >= 4 is 32.7 Å². The van der Waals surface area contributed by atoms with Gasteiger partial charge in [0.2, 0.25) is 5.89 Å². The highest BCUT2D eigenvalue weighted by Gasteiger charge is 2.14. The van der Waals surface area contributed by atoms with Crippen molar-refractivity contribution in [2.24, 2.45) is 0 Å². The van der Waals surface area contributed by atoms with Gasteiger partial charge in [-0.25, -0.2) is 13.4 Å². The van der Waals surface area contributed by atoms with Gasteiger partial charge in [-0.1, -0.05) is 6.92 Å². The zero-order valence-corrected chi connectivity index (χ0v) is 13.6. The lowest BCUT2D eigenvalue weighted by atomic mass is 10.3. The molecule has 0 aliphatic carbocycles. The molecule has 3 aromatic rings. The van der Waals surface area contributed by atoms with Gasteiger partial charge in [-0.15, -0.1) is 11.8 Å². The van der Waals surface area contributed by atoms with Crippen LogP contribution in [-0.4, -0.2) is 19.2 Å². The third-order valence-electron chi connectivity index (χ3n) is 3.19. The van der Waals surface area contributed by atoms with E-state index in [1.165, 1.54) is 0 Å². The second kappa shape index (κ2) is 6.18. The van der Waals surface area contributed by atoms with Crippen LogP contribution in [0.4, 0.5) is 0 Å². The summed E-state index contributed by atoms with van der Waals surface area (Å²) < 4.78 is 34.7. The number of nitrogens with zero attached hydrogens (tertiary/aromatic N) is 1. The summed E-state index contributed by atoms with van der Waals surface area (Å²) in [6.07, 6.45) is 1.64. The van der Waals surface area contributed by atoms with Gasteiger partial charge in [-0.2, -0.15) is 0 Å². The van der Waals surface area contributed by atoms with Crippen LogP contribution in [0.25, 0.3) is 11.1 Å². The first-order valence-corrected chi connectivity index (χ1v) is 9.61. The summed E-state index contributed by atoms with van der Waals surface area (Å²) in [5.74, 6) is 2.89. The van der Waals surface area contributed by atoms with Crippen LogP contribution >= 0.6 is 11.8 Å². The van der Waals surface area contributed by atoms with Gasteiger partial charge < -0.3 is 8.83 Å². The van der Waals surface area contributed by atoms with E-state index in [1.807, 2.05) is 12.1 Å². The molecule has 3 rings (SSSR count). The Morgan fingerprint density at radius 2 is 2.09 bits per heavy atom. The number of benzene rings is 1. The smallest absolute Gasteiger partial charge is 0.205 e. The number of rotatable bonds is 6. The predicted octanol–water partition coefficient (Wildman–Crippen LogP) is 3.65. The number of hydrogen-bond donors (Lipinski definition) is 0. The maximum absolute atomic E-state index is 11.9. The zero-order valence-electron chi connectivity index (χ0n) is 12.0. The Kier molecular flexibility index (Phi) is 4.26. The Hall–Kier alpha value is -1.73. The largest absolute Gasteiger partial charge is 0.468 e. The summed E-state index contributed by atoms with van der Waals surface area (Å²) in [4.78, 5) is 4.64. The molecule has 0 saturated heterocycles. The quantitative estimate of drug-likeness (QED) is 0.683. The van der Waals surface area contributed by atoms with Gasteiger partial charge in [-0.05, 0) is 30.3 Å². The fraction of sp³-hybridized carbons (Fsp3) is 0.267. The highest BCUT2D eigenvalue weighted by Crippen LogP contribution is 2.24. The zero-order chi connectivity index (χ0) is 15.6.